The molecule has 1 unspecified atom stereocenters. The molecule has 1 heteroatoms. The van der Waals surface area contributed by atoms with Gasteiger partial charge in [-0.15, -0.1) is 0 Å². The summed E-state index contributed by atoms with van der Waals surface area (Å²) in [7, 11) is 0. The third-order valence-corrected chi connectivity index (χ3v) is 14.2. The molecule has 0 spiro atoms. The van der Waals surface area contributed by atoms with E-state index in [1.54, 1.807) is 0 Å². The van der Waals surface area contributed by atoms with E-state index < -0.39 is 5.41 Å². The summed E-state index contributed by atoms with van der Waals surface area (Å²) in [5.41, 5.74) is 20.3. The van der Waals surface area contributed by atoms with Crippen LogP contribution in [0.3, 0.4) is 0 Å². The lowest BCUT2D eigenvalue weighted by Gasteiger charge is -2.34. The van der Waals surface area contributed by atoms with Crippen molar-refractivity contribution in [3.05, 3.63) is 294 Å². The number of para-hydroxylation sites is 2. The van der Waals surface area contributed by atoms with Gasteiger partial charge in [0.05, 0.1) is 16.4 Å². The summed E-state index contributed by atoms with van der Waals surface area (Å²) in [5, 5.41) is 2.54. The van der Waals surface area contributed by atoms with Crippen molar-refractivity contribution in [3.8, 4) is 39.1 Å². The van der Waals surface area contributed by atoms with Gasteiger partial charge in [0, 0.05) is 16.5 Å². The number of fused-ring (bicyclic) bond motifs is 6. The van der Waals surface area contributed by atoms with Gasteiger partial charge in [-0.05, 0) is 128 Å². The molecule has 11 aromatic rings. The van der Waals surface area contributed by atoms with Crippen LogP contribution in [0.2, 0.25) is 0 Å². The molecule has 0 bridgehead atoms. The van der Waals surface area contributed by atoms with E-state index in [2.05, 4.69) is 259 Å². The van der Waals surface area contributed by atoms with E-state index in [4.69, 9.17) is 0 Å². The van der Waals surface area contributed by atoms with Gasteiger partial charge in [0.15, 0.2) is 0 Å². The van der Waals surface area contributed by atoms with E-state index in [0.29, 0.717) is 5.92 Å². The van der Waals surface area contributed by atoms with Crippen LogP contribution in [0.5, 0.6) is 0 Å². The Hall–Kier alpha value is -8.00. The van der Waals surface area contributed by atoms with Gasteiger partial charge >= 0.3 is 0 Å². The summed E-state index contributed by atoms with van der Waals surface area (Å²) in [4.78, 5) is 0. The molecule has 1 atom stereocenters. The van der Waals surface area contributed by atoms with Crippen molar-refractivity contribution in [2.45, 2.75) is 30.6 Å². The molecule has 0 saturated carbocycles. The molecule has 1 heterocycles. The van der Waals surface area contributed by atoms with Gasteiger partial charge in [-0.2, -0.15) is 0 Å². The number of hydrogen-bond acceptors (Lipinski definition) is 0. The largest absolute Gasteiger partial charge is 0.309 e. The summed E-state index contributed by atoms with van der Waals surface area (Å²) in [6.45, 7) is 0. The topological polar surface area (TPSA) is 4.93 Å². The van der Waals surface area contributed by atoms with Crippen molar-refractivity contribution in [1.82, 2.24) is 4.57 Å². The first kappa shape index (κ1) is 39.6. The smallest absolute Gasteiger partial charge is 0.0713 e. The summed E-state index contributed by atoms with van der Waals surface area (Å²) in [6, 6.07) is 94.6. The van der Waals surface area contributed by atoms with Crippen LogP contribution < -0.4 is 0 Å². The van der Waals surface area contributed by atoms with Crippen LogP contribution in [0.4, 0.5) is 0 Å². The van der Waals surface area contributed by atoms with Crippen molar-refractivity contribution in [2.75, 3.05) is 0 Å². The molecule has 0 saturated heterocycles. The van der Waals surface area contributed by atoms with Crippen molar-refractivity contribution < 1.29 is 0 Å². The fourth-order valence-corrected chi connectivity index (χ4v) is 11.1. The zero-order valence-corrected chi connectivity index (χ0v) is 36.9. The lowest BCUT2D eigenvalue weighted by molar-refractivity contribution is 0.620. The first-order chi connectivity index (χ1) is 32.7. The molecular formula is C65H49N. The third kappa shape index (κ3) is 6.87. The number of hydrogen-bond donors (Lipinski definition) is 0. The Morgan fingerprint density at radius 1 is 0.364 bits per heavy atom. The van der Waals surface area contributed by atoms with Crippen LogP contribution in [-0.2, 0) is 18.3 Å². The lowest BCUT2D eigenvalue weighted by atomic mass is 9.67. The highest BCUT2D eigenvalue weighted by Crippen LogP contribution is 2.56. The molecule has 12 rings (SSSR count). The number of nitrogens with zero attached hydrogens (tertiary/aromatic N) is 1. The van der Waals surface area contributed by atoms with Gasteiger partial charge in [0.25, 0.3) is 0 Å². The number of benzene rings is 10. The second-order valence-corrected chi connectivity index (χ2v) is 18.0. The number of rotatable bonds is 11. The van der Waals surface area contributed by atoms with E-state index in [-0.39, 0.29) is 0 Å². The van der Waals surface area contributed by atoms with Crippen LogP contribution in [0, 0.1) is 0 Å². The Balaban J connectivity index is 0.901. The van der Waals surface area contributed by atoms with E-state index >= 15 is 0 Å². The van der Waals surface area contributed by atoms with E-state index in [1.165, 1.54) is 99.8 Å². The van der Waals surface area contributed by atoms with E-state index in [1.807, 2.05) is 0 Å². The standard InChI is InChI=1S/C65H49N/c1-5-17-48(18-6-1)49-33-29-46(30-34-49)43-52(50-36-38-51(39-37-50)53-40-42-64-60(45-53)59-26-14-16-28-63(59)66(64)56-23-11-4-12-24-56)35-31-47-32-41-58-57-25-13-15-27-61(57)65(62(58)44-47,54-19-7-2-8-20-54)55-21-9-3-10-22-55/h1-30,32-34,36-42,44-45,52H,31,35,43H2. The van der Waals surface area contributed by atoms with Gasteiger partial charge < -0.3 is 4.57 Å². The minimum absolute atomic E-state index is 0.325. The molecule has 314 valence electrons. The molecule has 1 nitrogen and oxygen atoms in total. The highest BCUT2D eigenvalue weighted by atomic mass is 15.0. The van der Waals surface area contributed by atoms with E-state index in [9.17, 15) is 0 Å². The zero-order chi connectivity index (χ0) is 43.9. The van der Waals surface area contributed by atoms with Gasteiger partial charge in [0.2, 0.25) is 0 Å². The van der Waals surface area contributed by atoms with Crippen LogP contribution in [0.1, 0.15) is 51.3 Å². The van der Waals surface area contributed by atoms with Crippen LogP contribution in [-0.4, -0.2) is 4.57 Å². The van der Waals surface area contributed by atoms with Gasteiger partial charge in [-0.25, -0.2) is 0 Å². The predicted octanol–water partition coefficient (Wildman–Crippen LogP) is 16.4. The average Bonchev–Trinajstić information content (AvgIpc) is 3.89. The normalized spacial score (nSPS) is 13.1. The molecule has 1 aliphatic carbocycles. The monoisotopic (exact) mass is 843 g/mol. The maximum Gasteiger partial charge on any atom is 0.0713 e. The molecule has 1 aliphatic rings. The zero-order valence-electron chi connectivity index (χ0n) is 36.9. The Bertz CT molecular complexity index is 3420. The summed E-state index contributed by atoms with van der Waals surface area (Å²) in [5.74, 6) is 0.325. The number of aromatic nitrogens is 1. The lowest BCUT2D eigenvalue weighted by Crippen LogP contribution is -2.28. The Labute approximate surface area is 387 Å². The van der Waals surface area contributed by atoms with Crippen LogP contribution in [0.15, 0.2) is 255 Å². The number of aryl methyl sites for hydroxylation is 1. The Kier molecular flexibility index (Phi) is 10.1. The molecule has 10 aromatic carbocycles. The van der Waals surface area contributed by atoms with Crippen molar-refractivity contribution in [1.29, 1.82) is 0 Å². The molecule has 66 heavy (non-hydrogen) atoms. The Morgan fingerprint density at radius 3 is 1.62 bits per heavy atom. The molecule has 0 radical (unpaired) electrons. The van der Waals surface area contributed by atoms with Crippen molar-refractivity contribution >= 4 is 21.8 Å². The molecule has 0 fully saturated rings. The molecule has 1 aromatic heterocycles. The average molecular weight is 844 g/mol. The molecule has 0 aliphatic heterocycles. The fraction of sp³-hybridized carbons (Fsp3) is 0.0769. The summed E-state index contributed by atoms with van der Waals surface area (Å²) >= 11 is 0. The van der Waals surface area contributed by atoms with Gasteiger partial charge in [-0.3, -0.25) is 0 Å². The SMILES string of the molecule is c1ccc(-c2ccc(CC(CCc3ccc4c(c3)C(c3ccccc3)(c3ccccc3)c3ccccc3-4)c3ccc(-c4ccc5c(c4)c4ccccc4n5-c4ccccc4)cc3)cc2)cc1. The third-order valence-electron chi connectivity index (χ3n) is 14.2. The first-order valence-electron chi connectivity index (χ1n) is 23.4. The van der Waals surface area contributed by atoms with Crippen LogP contribution in [0.25, 0.3) is 60.9 Å². The first-order valence-corrected chi connectivity index (χ1v) is 23.4. The highest BCUT2D eigenvalue weighted by Gasteiger charge is 2.46. The predicted molar refractivity (Wildman–Crippen MR) is 277 cm³/mol. The second-order valence-electron chi connectivity index (χ2n) is 18.0. The molecular weight excluding hydrogens is 795 g/mol. The Morgan fingerprint density at radius 2 is 0.894 bits per heavy atom. The maximum atomic E-state index is 2.54. The minimum Gasteiger partial charge on any atom is -0.309 e. The second kappa shape index (κ2) is 16.8. The maximum absolute atomic E-state index is 2.54. The van der Waals surface area contributed by atoms with Crippen molar-refractivity contribution in [3.63, 3.8) is 0 Å². The molecule has 0 N–H and O–H groups in total. The summed E-state index contributed by atoms with van der Waals surface area (Å²) < 4.78 is 2.39. The summed E-state index contributed by atoms with van der Waals surface area (Å²) in [6.07, 6.45) is 2.97. The fourth-order valence-electron chi connectivity index (χ4n) is 11.1. The molecule has 0 amide bonds. The minimum atomic E-state index is -0.403. The highest BCUT2D eigenvalue weighted by molar-refractivity contribution is 6.10. The quantitative estimate of drug-likeness (QED) is 0.122. The van der Waals surface area contributed by atoms with Crippen LogP contribution >= 0.6 is 0 Å². The van der Waals surface area contributed by atoms with Crippen molar-refractivity contribution in [2.24, 2.45) is 0 Å². The van der Waals surface area contributed by atoms with E-state index in [0.717, 1.165) is 19.3 Å². The van der Waals surface area contributed by atoms with Gasteiger partial charge in [-0.1, -0.05) is 224 Å². The van der Waals surface area contributed by atoms with Gasteiger partial charge in [0.1, 0.15) is 0 Å².